The predicted octanol–water partition coefficient (Wildman–Crippen LogP) is 0.723. The van der Waals surface area contributed by atoms with E-state index in [1.807, 2.05) is 20.8 Å². The lowest BCUT2D eigenvalue weighted by Crippen LogP contribution is -2.37. The second-order valence-electron chi connectivity index (χ2n) is 3.90. The number of sulfonamides is 1. The van der Waals surface area contributed by atoms with Gasteiger partial charge in [0.25, 0.3) is 0 Å². The van der Waals surface area contributed by atoms with Crippen molar-refractivity contribution < 1.29 is 13.5 Å². The van der Waals surface area contributed by atoms with Crippen molar-refractivity contribution in [3.63, 3.8) is 0 Å². The van der Waals surface area contributed by atoms with E-state index in [0.29, 0.717) is 18.8 Å². The van der Waals surface area contributed by atoms with Crippen molar-refractivity contribution in [3.8, 4) is 0 Å². The van der Waals surface area contributed by atoms with Crippen LogP contribution in [0.1, 0.15) is 33.6 Å². The van der Waals surface area contributed by atoms with E-state index < -0.39 is 10.0 Å². The Bertz CT molecular complexity index is 236. The zero-order valence-corrected chi connectivity index (χ0v) is 9.97. The molecule has 0 heterocycles. The summed E-state index contributed by atoms with van der Waals surface area (Å²) in [5.74, 6) is 0.396. The van der Waals surface area contributed by atoms with Crippen LogP contribution in [0.3, 0.4) is 0 Å². The van der Waals surface area contributed by atoms with Gasteiger partial charge in [-0.1, -0.05) is 13.8 Å². The standard InChI is InChI=1S/C9H21NO3S/c1-8(2)9(3)10-14(12,13)7-5-4-6-11/h8-11H,4-7H2,1-3H3. The van der Waals surface area contributed by atoms with Gasteiger partial charge in [0.2, 0.25) is 10.0 Å². The molecule has 86 valence electrons. The molecule has 2 N–H and O–H groups in total. The number of hydrogen-bond donors (Lipinski definition) is 2. The van der Waals surface area contributed by atoms with Gasteiger partial charge in [-0.15, -0.1) is 0 Å². The highest BCUT2D eigenvalue weighted by Crippen LogP contribution is 2.03. The molecule has 0 saturated heterocycles. The summed E-state index contributed by atoms with van der Waals surface area (Å²) in [4.78, 5) is 0. The first-order valence-corrected chi connectivity index (χ1v) is 6.65. The van der Waals surface area contributed by atoms with Crippen molar-refractivity contribution in [2.75, 3.05) is 12.4 Å². The van der Waals surface area contributed by atoms with Crippen molar-refractivity contribution in [3.05, 3.63) is 0 Å². The van der Waals surface area contributed by atoms with Gasteiger partial charge in [-0.05, 0) is 25.7 Å². The third kappa shape index (κ3) is 6.34. The van der Waals surface area contributed by atoms with Gasteiger partial charge in [0, 0.05) is 12.6 Å². The van der Waals surface area contributed by atoms with E-state index in [1.165, 1.54) is 0 Å². The molecular formula is C9H21NO3S. The summed E-state index contributed by atoms with van der Waals surface area (Å²) in [6.45, 7) is 5.85. The quantitative estimate of drug-likeness (QED) is 0.625. The second-order valence-corrected chi connectivity index (χ2v) is 5.77. The summed E-state index contributed by atoms with van der Waals surface area (Å²) >= 11 is 0. The van der Waals surface area contributed by atoms with Gasteiger partial charge in [-0.25, -0.2) is 13.1 Å². The smallest absolute Gasteiger partial charge is 0.211 e. The fourth-order valence-corrected chi connectivity index (χ4v) is 2.42. The highest BCUT2D eigenvalue weighted by atomic mass is 32.2. The average Bonchev–Trinajstić information content (AvgIpc) is 2.03. The molecule has 0 aromatic rings. The van der Waals surface area contributed by atoms with Crippen molar-refractivity contribution in [2.24, 2.45) is 5.92 Å². The van der Waals surface area contributed by atoms with Crippen LogP contribution in [-0.4, -0.2) is 31.9 Å². The molecule has 0 rings (SSSR count). The maximum atomic E-state index is 11.4. The summed E-state index contributed by atoms with van der Waals surface area (Å²) in [6, 6.07) is -0.0332. The minimum Gasteiger partial charge on any atom is -0.396 e. The van der Waals surface area contributed by atoms with Crippen LogP contribution in [0.2, 0.25) is 0 Å². The van der Waals surface area contributed by atoms with E-state index >= 15 is 0 Å². The van der Waals surface area contributed by atoms with Crippen molar-refractivity contribution in [1.29, 1.82) is 0 Å². The molecule has 0 aromatic heterocycles. The molecule has 0 fully saturated rings. The van der Waals surface area contributed by atoms with Crippen molar-refractivity contribution in [2.45, 2.75) is 39.7 Å². The maximum Gasteiger partial charge on any atom is 0.211 e. The lowest BCUT2D eigenvalue weighted by Gasteiger charge is -2.17. The van der Waals surface area contributed by atoms with Gasteiger partial charge in [0.05, 0.1) is 5.75 Å². The second kappa shape index (κ2) is 6.37. The molecule has 0 amide bonds. The molecule has 0 spiro atoms. The molecule has 0 aliphatic rings. The van der Waals surface area contributed by atoms with Crippen LogP contribution in [-0.2, 0) is 10.0 Å². The highest BCUT2D eigenvalue weighted by Gasteiger charge is 2.15. The molecular weight excluding hydrogens is 202 g/mol. The van der Waals surface area contributed by atoms with Crippen LogP contribution in [0.25, 0.3) is 0 Å². The molecule has 4 nitrogen and oxygen atoms in total. The highest BCUT2D eigenvalue weighted by molar-refractivity contribution is 7.89. The first-order valence-electron chi connectivity index (χ1n) is 5.00. The lowest BCUT2D eigenvalue weighted by molar-refractivity contribution is 0.287. The van der Waals surface area contributed by atoms with Crippen LogP contribution in [0.5, 0.6) is 0 Å². The van der Waals surface area contributed by atoms with Gasteiger partial charge >= 0.3 is 0 Å². The van der Waals surface area contributed by atoms with E-state index in [0.717, 1.165) is 0 Å². The predicted molar refractivity (Wildman–Crippen MR) is 57.5 cm³/mol. The molecule has 5 heteroatoms. The van der Waals surface area contributed by atoms with E-state index in [9.17, 15) is 8.42 Å². The number of rotatable bonds is 7. The summed E-state index contributed by atoms with van der Waals surface area (Å²) in [5, 5.41) is 8.52. The van der Waals surface area contributed by atoms with Gasteiger partial charge in [-0.3, -0.25) is 0 Å². The Morgan fingerprint density at radius 2 is 1.79 bits per heavy atom. The van der Waals surface area contributed by atoms with Crippen LogP contribution < -0.4 is 4.72 Å². The number of aliphatic hydroxyl groups is 1. The molecule has 0 aliphatic heterocycles. The third-order valence-electron chi connectivity index (χ3n) is 2.19. The zero-order valence-electron chi connectivity index (χ0n) is 9.16. The Morgan fingerprint density at radius 3 is 2.21 bits per heavy atom. The number of hydrogen-bond acceptors (Lipinski definition) is 3. The minimum atomic E-state index is -3.16. The fourth-order valence-electron chi connectivity index (χ4n) is 0.882. The molecule has 1 atom stereocenters. The van der Waals surface area contributed by atoms with Gasteiger partial charge < -0.3 is 5.11 Å². The third-order valence-corrected chi connectivity index (χ3v) is 3.74. The lowest BCUT2D eigenvalue weighted by atomic mass is 10.1. The van der Waals surface area contributed by atoms with Crippen LogP contribution in [0.15, 0.2) is 0 Å². The van der Waals surface area contributed by atoms with E-state index in [2.05, 4.69) is 4.72 Å². The fraction of sp³-hybridized carbons (Fsp3) is 1.00. The summed E-state index contributed by atoms with van der Waals surface area (Å²) in [6.07, 6.45) is 1.05. The molecule has 0 saturated carbocycles. The Labute approximate surface area is 86.8 Å². The maximum absolute atomic E-state index is 11.4. The topological polar surface area (TPSA) is 66.4 Å². The van der Waals surface area contributed by atoms with Crippen LogP contribution >= 0.6 is 0 Å². The van der Waals surface area contributed by atoms with Gasteiger partial charge in [0.1, 0.15) is 0 Å². The SMILES string of the molecule is CC(C)C(C)NS(=O)(=O)CCCCO. The molecule has 1 unspecified atom stereocenters. The Hall–Kier alpha value is -0.130. The Balaban J connectivity index is 3.95. The molecule has 0 aliphatic carbocycles. The summed E-state index contributed by atoms with van der Waals surface area (Å²) in [5.41, 5.74) is 0. The largest absolute Gasteiger partial charge is 0.396 e. The van der Waals surface area contributed by atoms with Crippen molar-refractivity contribution >= 4 is 10.0 Å². The Kier molecular flexibility index (Phi) is 6.31. The number of nitrogens with one attached hydrogen (secondary N) is 1. The molecule has 0 bridgehead atoms. The summed E-state index contributed by atoms with van der Waals surface area (Å²) < 4.78 is 25.5. The molecule has 0 aromatic carbocycles. The number of aliphatic hydroxyl groups excluding tert-OH is 1. The molecule has 14 heavy (non-hydrogen) atoms. The average molecular weight is 223 g/mol. The zero-order chi connectivity index (χ0) is 11.2. The molecule has 0 radical (unpaired) electrons. The number of unbranched alkanes of at least 4 members (excludes halogenated alkanes) is 1. The van der Waals surface area contributed by atoms with E-state index in [1.54, 1.807) is 0 Å². The normalized spacial score (nSPS) is 14.6. The van der Waals surface area contributed by atoms with Gasteiger partial charge in [0.15, 0.2) is 0 Å². The van der Waals surface area contributed by atoms with Crippen LogP contribution in [0, 0.1) is 5.92 Å². The Morgan fingerprint density at radius 1 is 1.21 bits per heavy atom. The first-order chi connectivity index (χ1) is 6.39. The van der Waals surface area contributed by atoms with E-state index in [-0.39, 0.29) is 18.4 Å². The van der Waals surface area contributed by atoms with Crippen molar-refractivity contribution in [1.82, 2.24) is 4.72 Å². The van der Waals surface area contributed by atoms with Crippen LogP contribution in [0.4, 0.5) is 0 Å². The monoisotopic (exact) mass is 223 g/mol. The van der Waals surface area contributed by atoms with Gasteiger partial charge in [-0.2, -0.15) is 0 Å². The first kappa shape index (κ1) is 13.9. The minimum absolute atomic E-state index is 0.0332. The van der Waals surface area contributed by atoms with E-state index in [4.69, 9.17) is 5.11 Å². The summed E-state index contributed by atoms with van der Waals surface area (Å²) in [7, 11) is -3.16.